The number of carbonyl (C=O) groups is 2. The summed E-state index contributed by atoms with van der Waals surface area (Å²) in [5.41, 5.74) is 1.27. The van der Waals surface area contributed by atoms with Crippen LogP contribution in [0.1, 0.15) is 42.6 Å². The third-order valence-electron chi connectivity index (χ3n) is 3.34. The number of unbranched alkanes of at least 4 members (excludes halogenated alkanes) is 1. The maximum absolute atomic E-state index is 12.3. The number of aldehydes is 1. The molecule has 1 rings (SSSR count). The van der Waals surface area contributed by atoms with Crippen molar-refractivity contribution in [1.29, 1.82) is 0 Å². The number of benzene rings is 1. The summed E-state index contributed by atoms with van der Waals surface area (Å²) in [4.78, 5) is 25.2. The fraction of sp³-hybridized carbons (Fsp3) is 0.500. The van der Waals surface area contributed by atoms with Gasteiger partial charge in [0.2, 0.25) is 5.91 Å². The first kappa shape index (κ1) is 16.2. The average molecular weight is 277 g/mol. The predicted octanol–water partition coefficient (Wildman–Crippen LogP) is 2.70. The molecule has 0 heterocycles. The molecule has 0 aliphatic rings. The zero-order valence-corrected chi connectivity index (χ0v) is 12.5. The van der Waals surface area contributed by atoms with Gasteiger partial charge < -0.3 is 9.64 Å². The molecule has 0 unspecified atom stereocenters. The van der Waals surface area contributed by atoms with Crippen LogP contribution in [0.3, 0.4) is 0 Å². The predicted molar refractivity (Wildman–Crippen MR) is 79.2 cm³/mol. The summed E-state index contributed by atoms with van der Waals surface area (Å²) in [6.45, 7) is 5.55. The van der Waals surface area contributed by atoms with Crippen LogP contribution in [-0.2, 0) is 11.2 Å². The molecule has 0 spiro atoms. The van der Waals surface area contributed by atoms with E-state index in [1.807, 2.05) is 11.8 Å². The smallest absolute Gasteiger partial charge is 0.227 e. The summed E-state index contributed by atoms with van der Waals surface area (Å²) in [5, 5.41) is 0. The lowest BCUT2D eigenvalue weighted by molar-refractivity contribution is -0.130. The van der Waals surface area contributed by atoms with Gasteiger partial charge in [-0.1, -0.05) is 19.4 Å². The van der Waals surface area contributed by atoms with E-state index >= 15 is 0 Å². The molecule has 1 aromatic rings. The van der Waals surface area contributed by atoms with Gasteiger partial charge in [-0.15, -0.1) is 0 Å². The van der Waals surface area contributed by atoms with Gasteiger partial charge in [0, 0.05) is 18.7 Å². The van der Waals surface area contributed by atoms with Crippen LogP contribution < -0.4 is 4.74 Å². The molecular weight excluding hydrogens is 254 g/mol. The fourth-order valence-corrected chi connectivity index (χ4v) is 2.05. The lowest BCUT2D eigenvalue weighted by Gasteiger charge is -2.21. The molecule has 1 aromatic carbocycles. The Kier molecular flexibility index (Phi) is 6.77. The third kappa shape index (κ3) is 4.37. The molecule has 0 bridgehead atoms. The van der Waals surface area contributed by atoms with Crippen molar-refractivity contribution in [3.63, 3.8) is 0 Å². The van der Waals surface area contributed by atoms with Crippen LogP contribution in [0, 0.1) is 0 Å². The number of nitrogens with zero attached hydrogens (tertiary/aromatic N) is 1. The first-order valence-corrected chi connectivity index (χ1v) is 7.06. The molecule has 0 aliphatic carbocycles. The van der Waals surface area contributed by atoms with Gasteiger partial charge in [-0.05, 0) is 31.0 Å². The zero-order valence-electron chi connectivity index (χ0n) is 12.5. The molecule has 0 saturated heterocycles. The van der Waals surface area contributed by atoms with E-state index in [1.54, 1.807) is 25.3 Å². The molecule has 0 atom stereocenters. The number of ether oxygens (including phenoxy) is 1. The Labute approximate surface area is 120 Å². The van der Waals surface area contributed by atoms with E-state index in [1.165, 1.54) is 0 Å². The van der Waals surface area contributed by atoms with Crippen LogP contribution in [0.5, 0.6) is 5.75 Å². The van der Waals surface area contributed by atoms with Gasteiger partial charge >= 0.3 is 0 Å². The molecule has 4 nitrogen and oxygen atoms in total. The number of hydrogen-bond acceptors (Lipinski definition) is 3. The molecule has 110 valence electrons. The number of methoxy groups -OCH3 is 1. The molecule has 4 heteroatoms. The Morgan fingerprint density at radius 2 is 2.10 bits per heavy atom. The quantitative estimate of drug-likeness (QED) is 0.686. The van der Waals surface area contributed by atoms with Gasteiger partial charge in [0.1, 0.15) is 12.0 Å². The van der Waals surface area contributed by atoms with Crippen molar-refractivity contribution in [2.45, 2.75) is 33.1 Å². The van der Waals surface area contributed by atoms with Crippen molar-refractivity contribution in [1.82, 2.24) is 4.90 Å². The minimum Gasteiger partial charge on any atom is -0.497 e. The van der Waals surface area contributed by atoms with E-state index in [0.29, 0.717) is 17.9 Å². The van der Waals surface area contributed by atoms with E-state index in [0.717, 1.165) is 31.2 Å². The minimum atomic E-state index is 0.0641. The van der Waals surface area contributed by atoms with Crippen molar-refractivity contribution in [2.75, 3.05) is 20.2 Å². The zero-order chi connectivity index (χ0) is 15.0. The molecule has 0 N–H and O–H groups in total. The highest BCUT2D eigenvalue weighted by Crippen LogP contribution is 2.17. The Balaban J connectivity index is 2.80. The first-order valence-electron chi connectivity index (χ1n) is 7.06. The van der Waals surface area contributed by atoms with Crippen LogP contribution in [0.25, 0.3) is 0 Å². The topological polar surface area (TPSA) is 46.6 Å². The molecule has 0 saturated carbocycles. The number of rotatable bonds is 8. The standard InChI is InChI=1S/C16H23NO3/c1-4-6-9-17(5-2)16(19)11-13-7-8-15(20-3)10-14(13)12-18/h7-8,10,12H,4-6,9,11H2,1-3H3. The summed E-state index contributed by atoms with van der Waals surface area (Å²) in [6, 6.07) is 5.23. The second-order valence-corrected chi connectivity index (χ2v) is 4.69. The summed E-state index contributed by atoms with van der Waals surface area (Å²) in [6.07, 6.45) is 3.09. The molecule has 0 radical (unpaired) electrons. The van der Waals surface area contributed by atoms with E-state index in [9.17, 15) is 9.59 Å². The van der Waals surface area contributed by atoms with Crippen molar-refractivity contribution < 1.29 is 14.3 Å². The maximum atomic E-state index is 12.3. The van der Waals surface area contributed by atoms with Crippen molar-refractivity contribution in [3.8, 4) is 5.75 Å². The summed E-state index contributed by atoms with van der Waals surface area (Å²) < 4.78 is 5.08. The Morgan fingerprint density at radius 1 is 1.35 bits per heavy atom. The number of amides is 1. The summed E-state index contributed by atoms with van der Waals surface area (Å²) >= 11 is 0. The fourth-order valence-electron chi connectivity index (χ4n) is 2.05. The van der Waals surface area contributed by atoms with E-state index in [-0.39, 0.29) is 12.3 Å². The lowest BCUT2D eigenvalue weighted by Crippen LogP contribution is -2.33. The molecule has 0 fully saturated rings. The number of carbonyl (C=O) groups excluding carboxylic acids is 2. The SMILES string of the molecule is CCCCN(CC)C(=O)Cc1ccc(OC)cc1C=O. The van der Waals surface area contributed by atoms with Crippen LogP contribution in [0.15, 0.2) is 18.2 Å². The van der Waals surface area contributed by atoms with Gasteiger partial charge in [-0.2, -0.15) is 0 Å². The highest BCUT2D eigenvalue weighted by molar-refractivity contribution is 5.84. The second-order valence-electron chi connectivity index (χ2n) is 4.69. The van der Waals surface area contributed by atoms with Crippen LogP contribution in [0.2, 0.25) is 0 Å². The molecule has 20 heavy (non-hydrogen) atoms. The van der Waals surface area contributed by atoms with Crippen molar-refractivity contribution in [3.05, 3.63) is 29.3 Å². The van der Waals surface area contributed by atoms with Gasteiger partial charge in [-0.25, -0.2) is 0 Å². The third-order valence-corrected chi connectivity index (χ3v) is 3.34. The van der Waals surface area contributed by atoms with Gasteiger partial charge in [0.05, 0.1) is 13.5 Å². The average Bonchev–Trinajstić information content (AvgIpc) is 2.48. The van der Waals surface area contributed by atoms with Crippen molar-refractivity contribution >= 4 is 12.2 Å². The van der Waals surface area contributed by atoms with Crippen LogP contribution in [-0.4, -0.2) is 37.3 Å². The summed E-state index contributed by atoms with van der Waals surface area (Å²) in [7, 11) is 1.55. The normalized spacial score (nSPS) is 10.2. The highest BCUT2D eigenvalue weighted by Gasteiger charge is 2.14. The molecule has 0 aromatic heterocycles. The summed E-state index contributed by atoms with van der Waals surface area (Å²) in [5.74, 6) is 0.691. The van der Waals surface area contributed by atoms with Crippen LogP contribution in [0.4, 0.5) is 0 Å². The van der Waals surface area contributed by atoms with Gasteiger partial charge in [-0.3, -0.25) is 9.59 Å². The maximum Gasteiger partial charge on any atom is 0.227 e. The number of likely N-dealkylation sites (N-methyl/N-ethyl adjacent to an activating group) is 1. The molecular formula is C16H23NO3. The molecule has 1 amide bonds. The van der Waals surface area contributed by atoms with Gasteiger partial charge in [0.25, 0.3) is 0 Å². The Morgan fingerprint density at radius 3 is 2.65 bits per heavy atom. The number of hydrogen-bond donors (Lipinski definition) is 0. The first-order chi connectivity index (χ1) is 9.65. The largest absolute Gasteiger partial charge is 0.497 e. The van der Waals surface area contributed by atoms with E-state index in [4.69, 9.17) is 4.74 Å². The van der Waals surface area contributed by atoms with Crippen molar-refractivity contribution in [2.24, 2.45) is 0 Å². The van der Waals surface area contributed by atoms with Gasteiger partial charge in [0.15, 0.2) is 0 Å². The highest BCUT2D eigenvalue weighted by atomic mass is 16.5. The minimum absolute atomic E-state index is 0.0641. The monoisotopic (exact) mass is 277 g/mol. The van der Waals surface area contributed by atoms with E-state index in [2.05, 4.69) is 6.92 Å². The lowest BCUT2D eigenvalue weighted by atomic mass is 10.0. The molecule has 0 aliphatic heterocycles. The Hall–Kier alpha value is -1.84. The second kappa shape index (κ2) is 8.35. The van der Waals surface area contributed by atoms with Crippen LogP contribution >= 0.6 is 0 Å². The van der Waals surface area contributed by atoms with E-state index < -0.39 is 0 Å². The Bertz CT molecular complexity index is 457.